The Morgan fingerprint density at radius 2 is 2.40 bits per heavy atom. The van der Waals surface area contributed by atoms with Crippen LogP contribution in [0, 0.1) is 11.2 Å². The maximum absolute atomic E-state index is 11.6. The number of hydrogen-bond donors (Lipinski definition) is 1. The van der Waals surface area contributed by atoms with Crippen LogP contribution in [-0.2, 0) is 9.71 Å². The molecule has 15 heavy (non-hydrogen) atoms. The minimum atomic E-state index is -2.51. The third kappa shape index (κ3) is 4.34. The van der Waals surface area contributed by atoms with E-state index < -0.39 is 9.71 Å². The molecule has 0 aliphatic heterocycles. The quantitative estimate of drug-likeness (QED) is 0.482. The molecule has 0 aliphatic carbocycles. The number of aromatic nitrogens is 1. The van der Waals surface area contributed by atoms with Gasteiger partial charge >= 0.3 is 0 Å². The summed E-state index contributed by atoms with van der Waals surface area (Å²) < 4.78 is 14.3. The molecule has 3 nitrogen and oxygen atoms in total. The predicted molar refractivity (Wildman–Crippen MR) is 65.1 cm³/mol. The topological polar surface area (TPSA) is 42.0 Å². The molecule has 0 aliphatic rings. The van der Waals surface area contributed by atoms with Gasteiger partial charge in [0.15, 0.2) is 0 Å². The van der Waals surface area contributed by atoms with E-state index in [-0.39, 0.29) is 0 Å². The van der Waals surface area contributed by atoms with E-state index in [4.69, 9.17) is 11.6 Å². The number of nitrogens with zero attached hydrogens (tertiary/aromatic N) is 1. The second-order valence-electron chi connectivity index (χ2n) is 2.77. The van der Waals surface area contributed by atoms with E-state index >= 15 is 0 Å². The number of pyridine rings is 1. The lowest BCUT2D eigenvalue weighted by Crippen LogP contribution is -2.20. The lowest BCUT2D eigenvalue weighted by atomic mass is 10.3. The number of halogens is 1. The minimum Gasteiger partial charge on any atom is -0.243 e. The maximum Gasteiger partial charge on any atom is 0.129 e. The third-order valence-corrected chi connectivity index (χ3v) is 2.88. The van der Waals surface area contributed by atoms with E-state index in [1.807, 2.05) is 6.92 Å². The highest BCUT2D eigenvalue weighted by atomic mass is 35.5. The van der Waals surface area contributed by atoms with Crippen LogP contribution in [-0.4, -0.2) is 21.6 Å². The Morgan fingerprint density at radius 1 is 1.67 bits per heavy atom. The largest absolute Gasteiger partial charge is 0.243 e. The monoisotopic (exact) mass is 242 g/mol. The Kier molecular flexibility index (Phi) is 4.15. The van der Waals surface area contributed by atoms with E-state index in [1.54, 1.807) is 12.1 Å². The van der Waals surface area contributed by atoms with Gasteiger partial charge in [-0.1, -0.05) is 24.4 Å². The summed E-state index contributed by atoms with van der Waals surface area (Å²) in [5.41, 5.74) is 0.661. The molecule has 1 aromatic heterocycles. The molecule has 1 rings (SSSR count). The van der Waals surface area contributed by atoms with E-state index in [0.717, 1.165) is 0 Å². The zero-order chi connectivity index (χ0) is 11.3. The van der Waals surface area contributed by atoms with Crippen molar-refractivity contribution < 1.29 is 4.21 Å². The molecule has 1 atom stereocenters. The van der Waals surface area contributed by atoms with Crippen molar-refractivity contribution in [2.24, 2.45) is 0 Å². The summed E-state index contributed by atoms with van der Waals surface area (Å²) >= 11 is 5.61. The summed E-state index contributed by atoms with van der Waals surface area (Å²) in [5.74, 6) is 6.21. The maximum atomic E-state index is 11.6. The van der Waals surface area contributed by atoms with Gasteiger partial charge in [-0.2, -0.15) is 0 Å². The molecule has 0 amide bonds. The van der Waals surface area contributed by atoms with Crippen LogP contribution in [0.25, 0.3) is 0 Å². The second kappa shape index (κ2) is 5.17. The molecule has 0 radical (unpaired) electrons. The van der Waals surface area contributed by atoms with Gasteiger partial charge in [-0.25, -0.2) is 13.9 Å². The van der Waals surface area contributed by atoms with E-state index in [9.17, 15) is 4.21 Å². The van der Waals surface area contributed by atoms with Crippen molar-refractivity contribution in [1.29, 1.82) is 0 Å². The molecule has 5 heteroatoms. The van der Waals surface area contributed by atoms with Crippen molar-refractivity contribution in [2.45, 2.75) is 6.92 Å². The van der Waals surface area contributed by atoms with Gasteiger partial charge in [0.25, 0.3) is 0 Å². The van der Waals surface area contributed by atoms with Gasteiger partial charge in [-0.3, -0.25) is 0 Å². The molecular weight excluding hydrogens is 232 g/mol. The molecule has 1 aromatic rings. The Morgan fingerprint density at radius 3 is 2.93 bits per heavy atom. The van der Waals surface area contributed by atoms with Gasteiger partial charge in [0.2, 0.25) is 0 Å². The average molecular weight is 243 g/mol. The second-order valence-corrected chi connectivity index (χ2v) is 5.00. The molecule has 1 N–H and O–H groups in total. The summed E-state index contributed by atoms with van der Waals surface area (Å²) in [5, 5.41) is 2.97. The van der Waals surface area contributed by atoms with Gasteiger partial charge in [0.1, 0.15) is 5.15 Å². The Labute approximate surface area is 95.0 Å². The van der Waals surface area contributed by atoms with Gasteiger partial charge in [0.05, 0.1) is 9.71 Å². The molecule has 0 saturated heterocycles. The molecule has 0 bridgehead atoms. The van der Waals surface area contributed by atoms with Crippen molar-refractivity contribution in [3.63, 3.8) is 0 Å². The summed E-state index contributed by atoms with van der Waals surface area (Å²) in [6.45, 7) is 2.41. The zero-order valence-corrected chi connectivity index (χ0v) is 9.86. The molecule has 0 saturated carbocycles. The Hall–Kier alpha value is -1.02. The van der Waals surface area contributed by atoms with Crippen LogP contribution in [0.15, 0.2) is 18.3 Å². The van der Waals surface area contributed by atoms with Gasteiger partial charge < -0.3 is 0 Å². The molecule has 0 fully saturated rings. The van der Waals surface area contributed by atoms with Crippen molar-refractivity contribution in [1.82, 2.24) is 9.71 Å². The zero-order valence-electron chi connectivity index (χ0n) is 8.29. The van der Waals surface area contributed by atoms with Crippen LogP contribution < -0.4 is 4.72 Å². The highest BCUT2D eigenvalue weighted by Gasteiger charge is 1.94. The lowest BCUT2D eigenvalue weighted by Gasteiger charge is -1.99. The fourth-order valence-corrected chi connectivity index (χ4v) is 1.79. The van der Waals surface area contributed by atoms with Crippen LogP contribution in [0.1, 0.15) is 12.5 Å². The van der Waals surface area contributed by atoms with Gasteiger partial charge in [0, 0.05) is 23.6 Å². The average Bonchev–Trinajstić information content (AvgIpc) is 2.17. The SMILES string of the molecule is C=S(=O)(C#Cc1ccc(Cl)nc1)NCC. The number of nitrogens with one attached hydrogen (secondary N) is 1. The first kappa shape index (κ1) is 12.1. The number of hydrogen-bond acceptors (Lipinski definition) is 2. The molecule has 0 aromatic carbocycles. The van der Waals surface area contributed by atoms with Crippen molar-refractivity contribution in [3.8, 4) is 11.2 Å². The van der Waals surface area contributed by atoms with Crippen LogP contribution in [0.4, 0.5) is 0 Å². The first-order chi connectivity index (χ1) is 7.03. The summed E-state index contributed by atoms with van der Waals surface area (Å²) in [4.78, 5) is 3.86. The first-order valence-electron chi connectivity index (χ1n) is 4.29. The van der Waals surface area contributed by atoms with Gasteiger partial charge in [-0.15, -0.1) is 0 Å². The number of rotatable bonds is 2. The minimum absolute atomic E-state index is 0.405. The third-order valence-electron chi connectivity index (χ3n) is 1.47. The van der Waals surface area contributed by atoms with Crippen molar-refractivity contribution in [3.05, 3.63) is 29.0 Å². The van der Waals surface area contributed by atoms with E-state index in [0.29, 0.717) is 17.3 Å². The van der Waals surface area contributed by atoms with Gasteiger partial charge in [-0.05, 0) is 18.0 Å². The van der Waals surface area contributed by atoms with E-state index in [2.05, 4.69) is 26.7 Å². The molecular formula is C10H11ClN2OS. The van der Waals surface area contributed by atoms with Crippen LogP contribution in [0.5, 0.6) is 0 Å². The van der Waals surface area contributed by atoms with E-state index in [1.165, 1.54) is 6.20 Å². The standard InChI is InChI=1S/C10H11ClN2OS/c1-3-13-15(2,14)7-6-9-4-5-10(11)12-8-9/h4-5,8H,2-3H2,1H3,(H,13,14). The predicted octanol–water partition coefficient (Wildman–Crippen LogP) is 1.28. The fourth-order valence-electron chi connectivity index (χ4n) is 0.860. The van der Waals surface area contributed by atoms with Crippen molar-refractivity contribution >= 4 is 27.2 Å². The first-order valence-corrected chi connectivity index (χ1v) is 6.40. The molecule has 1 unspecified atom stereocenters. The van der Waals surface area contributed by atoms with Crippen LogP contribution in [0.3, 0.4) is 0 Å². The molecule has 80 valence electrons. The lowest BCUT2D eigenvalue weighted by molar-refractivity contribution is 0.679. The van der Waals surface area contributed by atoms with Crippen molar-refractivity contribution in [2.75, 3.05) is 6.54 Å². The highest BCUT2D eigenvalue weighted by Crippen LogP contribution is 2.03. The highest BCUT2D eigenvalue weighted by molar-refractivity contribution is 8.02. The molecule has 1 heterocycles. The smallest absolute Gasteiger partial charge is 0.129 e. The summed E-state index contributed by atoms with van der Waals surface area (Å²) in [6.07, 6.45) is 1.52. The Bertz CT molecular complexity index is 482. The summed E-state index contributed by atoms with van der Waals surface area (Å²) in [6, 6.07) is 3.34. The van der Waals surface area contributed by atoms with Crippen LogP contribution >= 0.6 is 11.6 Å². The normalized spacial score (nSPS) is 13.7. The van der Waals surface area contributed by atoms with Crippen LogP contribution in [0.2, 0.25) is 5.15 Å². The fraction of sp³-hybridized carbons (Fsp3) is 0.200. The summed E-state index contributed by atoms with van der Waals surface area (Å²) in [7, 11) is -2.51. The Balaban J connectivity index is 2.87. The molecule has 0 spiro atoms.